The summed E-state index contributed by atoms with van der Waals surface area (Å²) in [4.78, 5) is 23.8. The second-order valence-corrected chi connectivity index (χ2v) is 4.22. The van der Waals surface area contributed by atoms with Crippen molar-refractivity contribution < 1.29 is 9.59 Å². The number of carbonyl (C=O) groups is 2. The third kappa shape index (κ3) is 7.18. The number of nitrogens with zero attached hydrogens (tertiary/aromatic N) is 1. The fourth-order valence-electron chi connectivity index (χ4n) is 1.16. The largest absolute Gasteiger partial charge is 0.353 e. The highest BCUT2D eigenvalue weighted by atomic mass is 35.5. The van der Waals surface area contributed by atoms with Gasteiger partial charge in [0.15, 0.2) is 0 Å². The summed E-state index contributed by atoms with van der Waals surface area (Å²) in [5.74, 6) is -0.297. The Balaban J connectivity index is 0. The molecule has 0 radical (unpaired) electrons. The van der Waals surface area contributed by atoms with Gasteiger partial charge in [0.1, 0.15) is 0 Å². The molecule has 102 valence electrons. The van der Waals surface area contributed by atoms with E-state index in [1.165, 1.54) is 11.8 Å². The maximum absolute atomic E-state index is 11.5. The van der Waals surface area contributed by atoms with E-state index in [4.69, 9.17) is 5.73 Å². The highest BCUT2D eigenvalue weighted by Gasteiger charge is 2.21. The summed E-state index contributed by atoms with van der Waals surface area (Å²) in [6.07, 6.45) is 1.62. The molecule has 3 N–H and O–H groups in total. The number of hydrogen-bond donors (Lipinski definition) is 2. The van der Waals surface area contributed by atoms with Gasteiger partial charge in [0.05, 0.1) is 6.54 Å². The molecule has 0 rings (SSSR count). The molecule has 17 heavy (non-hydrogen) atoms. The summed E-state index contributed by atoms with van der Waals surface area (Å²) in [6, 6.07) is 0. The monoisotopic (exact) mass is 265 g/mol. The van der Waals surface area contributed by atoms with Gasteiger partial charge < -0.3 is 16.0 Å². The Kier molecular flexibility index (Phi) is 9.06. The molecule has 0 saturated carbocycles. The molecule has 6 heteroatoms. The van der Waals surface area contributed by atoms with Gasteiger partial charge in [-0.3, -0.25) is 9.59 Å². The molecule has 0 aliphatic heterocycles. The summed E-state index contributed by atoms with van der Waals surface area (Å²) in [5, 5.41) is 2.75. The molecule has 0 aliphatic rings. The summed E-state index contributed by atoms with van der Waals surface area (Å²) in [6.45, 7) is 5.96. The Morgan fingerprint density at radius 3 is 2.12 bits per heavy atom. The Bertz CT molecular complexity index is 255. The van der Waals surface area contributed by atoms with Gasteiger partial charge in [-0.1, -0.05) is 13.8 Å². The first kappa shape index (κ1) is 18.6. The van der Waals surface area contributed by atoms with Crippen molar-refractivity contribution in [3.05, 3.63) is 0 Å². The first-order valence-corrected chi connectivity index (χ1v) is 5.62. The summed E-state index contributed by atoms with van der Waals surface area (Å²) in [7, 11) is 1.59. The summed E-state index contributed by atoms with van der Waals surface area (Å²) in [5.41, 5.74) is 5.70. The van der Waals surface area contributed by atoms with Crippen LogP contribution in [0.25, 0.3) is 0 Å². The normalized spacial score (nSPS) is 10.4. The van der Waals surface area contributed by atoms with Crippen molar-refractivity contribution in [2.75, 3.05) is 20.1 Å². The van der Waals surface area contributed by atoms with Crippen LogP contribution in [0.5, 0.6) is 0 Å². The second kappa shape index (κ2) is 8.31. The van der Waals surface area contributed by atoms with Crippen LogP contribution in [0.4, 0.5) is 0 Å². The van der Waals surface area contributed by atoms with Crippen LogP contribution in [-0.4, -0.2) is 42.4 Å². The lowest BCUT2D eigenvalue weighted by molar-refractivity contribution is -0.133. The summed E-state index contributed by atoms with van der Waals surface area (Å²) < 4.78 is 0. The van der Waals surface area contributed by atoms with Gasteiger partial charge in [0.2, 0.25) is 11.8 Å². The predicted molar refractivity (Wildman–Crippen MR) is 71.1 cm³/mol. The van der Waals surface area contributed by atoms with Crippen molar-refractivity contribution in [1.29, 1.82) is 0 Å². The topological polar surface area (TPSA) is 75.4 Å². The third-order valence-corrected chi connectivity index (χ3v) is 2.96. The minimum Gasteiger partial charge on any atom is -0.353 e. The Morgan fingerprint density at radius 2 is 1.76 bits per heavy atom. The lowest BCUT2D eigenvalue weighted by Gasteiger charge is -2.27. The van der Waals surface area contributed by atoms with E-state index in [-0.39, 0.29) is 36.3 Å². The number of nitrogens with two attached hydrogens (primary N) is 1. The maximum Gasteiger partial charge on any atom is 0.239 e. The van der Waals surface area contributed by atoms with Crippen molar-refractivity contribution in [2.45, 2.75) is 39.2 Å². The van der Waals surface area contributed by atoms with E-state index >= 15 is 0 Å². The highest BCUT2D eigenvalue weighted by Crippen LogP contribution is 2.08. The zero-order valence-electron chi connectivity index (χ0n) is 11.1. The summed E-state index contributed by atoms with van der Waals surface area (Å²) >= 11 is 0. The predicted octanol–water partition coefficient (Wildman–Crippen LogP) is 0.520. The van der Waals surface area contributed by atoms with Crippen LogP contribution in [0.2, 0.25) is 0 Å². The van der Waals surface area contributed by atoms with Gasteiger partial charge in [-0.25, -0.2) is 0 Å². The van der Waals surface area contributed by atoms with Crippen LogP contribution in [0, 0.1) is 0 Å². The molecular formula is C11H24ClN3O2. The molecule has 0 aromatic rings. The average molecular weight is 266 g/mol. The van der Waals surface area contributed by atoms with E-state index in [9.17, 15) is 9.59 Å². The average Bonchev–Trinajstić information content (AvgIpc) is 2.25. The van der Waals surface area contributed by atoms with Crippen LogP contribution in [-0.2, 0) is 9.59 Å². The maximum atomic E-state index is 11.5. The van der Waals surface area contributed by atoms with Gasteiger partial charge >= 0.3 is 0 Å². The first-order valence-electron chi connectivity index (χ1n) is 5.62. The van der Waals surface area contributed by atoms with Crippen LogP contribution in [0.15, 0.2) is 0 Å². The molecule has 0 aromatic heterocycles. The quantitative estimate of drug-likeness (QED) is 0.735. The van der Waals surface area contributed by atoms with Gasteiger partial charge in [-0.05, 0) is 12.8 Å². The molecule has 5 nitrogen and oxygen atoms in total. The number of carbonyl (C=O) groups excluding carboxylic acids is 2. The van der Waals surface area contributed by atoms with Gasteiger partial charge in [0.25, 0.3) is 0 Å². The van der Waals surface area contributed by atoms with Gasteiger partial charge in [-0.2, -0.15) is 0 Å². The fraction of sp³-hybridized carbons (Fsp3) is 0.818. The van der Waals surface area contributed by atoms with E-state index in [1.54, 1.807) is 7.05 Å². The molecule has 0 spiro atoms. The SMILES string of the molecule is CCC(N)(CC)CNC(=O)CN(C)C(C)=O.Cl. The number of nitrogens with one attached hydrogen (secondary N) is 1. The Labute approximate surface area is 110 Å². The fourth-order valence-corrected chi connectivity index (χ4v) is 1.16. The highest BCUT2D eigenvalue weighted by molar-refractivity contribution is 5.85. The standard InChI is InChI=1S/C11H23N3O2.ClH/c1-5-11(12,6-2)8-13-10(16)7-14(4)9(3)15;/h5-8,12H2,1-4H3,(H,13,16);1H. The molecule has 0 aromatic carbocycles. The zero-order valence-corrected chi connectivity index (χ0v) is 11.9. The van der Waals surface area contributed by atoms with Crippen LogP contribution >= 0.6 is 12.4 Å². The molecule has 0 aliphatic carbocycles. The van der Waals surface area contributed by atoms with Crippen LogP contribution < -0.4 is 11.1 Å². The molecule has 0 heterocycles. The van der Waals surface area contributed by atoms with Gasteiger partial charge in [0, 0.05) is 26.1 Å². The van der Waals surface area contributed by atoms with Crippen LogP contribution in [0.1, 0.15) is 33.6 Å². The number of rotatable bonds is 6. The van der Waals surface area contributed by atoms with Crippen molar-refractivity contribution >= 4 is 24.2 Å². The smallest absolute Gasteiger partial charge is 0.239 e. The zero-order chi connectivity index (χ0) is 12.8. The molecule has 0 bridgehead atoms. The number of amides is 2. The first-order chi connectivity index (χ1) is 7.34. The van der Waals surface area contributed by atoms with E-state index in [1.807, 2.05) is 13.8 Å². The third-order valence-electron chi connectivity index (χ3n) is 2.96. The lowest BCUT2D eigenvalue weighted by atomic mass is 9.94. The molecule has 0 atom stereocenters. The van der Waals surface area contributed by atoms with E-state index in [0.717, 1.165) is 12.8 Å². The Morgan fingerprint density at radius 1 is 1.29 bits per heavy atom. The van der Waals surface area contributed by atoms with E-state index in [0.29, 0.717) is 6.54 Å². The van der Waals surface area contributed by atoms with Crippen molar-refractivity contribution in [1.82, 2.24) is 10.2 Å². The minimum atomic E-state index is -0.343. The van der Waals surface area contributed by atoms with Crippen molar-refractivity contribution in [3.8, 4) is 0 Å². The molecule has 0 saturated heterocycles. The minimum absolute atomic E-state index is 0. The van der Waals surface area contributed by atoms with Crippen molar-refractivity contribution in [2.24, 2.45) is 5.73 Å². The number of likely N-dealkylation sites (N-methyl/N-ethyl adjacent to an activating group) is 1. The van der Waals surface area contributed by atoms with Gasteiger partial charge in [-0.15, -0.1) is 12.4 Å². The molecule has 2 amide bonds. The number of hydrogen-bond acceptors (Lipinski definition) is 3. The van der Waals surface area contributed by atoms with E-state index in [2.05, 4.69) is 5.32 Å². The number of halogens is 1. The van der Waals surface area contributed by atoms with Crippen molar-refractivity contribution in [3.63, 3.8) is 0 Å². The molecular weight excluding hydrogens is 242 g/mol. The second-order valence-electron chi connectivity index (χ2n) is 4.22. The van der Waals surface area contributed by atoms with Crippen LogP contribution in [0.3, 0.4) is 0 Å². The molecule has 0 fully saturated rings. The van der Waals surface area contributed by atoms with E-state index < -0.39 is 0 Å². The molecule has 0 unspecified atom stereocenters. The Hall–Kier alpha value is -0.810. The lowest BCUT2D eigenvalue weighted by Crippen LogP contribution is -2.50.